The van der Waals surface area contributed by atoms with Gasteiger partial charge in [-0.3, -0.25) is 9.59 Å². The van der Waals surface area contributed by atoms with E-state index in [-0.39, 0.29) is 5.69 Å². The Balaban J connectivity index is 1.86. The summed E-state index contributed by atoms with van der Waals surface area (Å²) in [5.74, 6) is -1.15. The van der Waals surface area contributed by atoms with E-state index in [9.17, 15) is 9.59 Å². The molecule has 2 amide bonds. The van der Waals surface area contributed by atoms with E-state index in [0.717, 1.165) is 11.3 Å². The van der Waals surface area contributed by atoms with Crippen molar-refractivity contribution in [3.63, 3.8) is 0 Å². The van der Waals surface area contributed by atoms with Gasteiger partial charge in [0.05, 0.1) is 11.4 Å². The second-order valence-electron chi connectivity index (χ2n) is 5.99. The van der Waals surface area contributed by atoms with Crippen LogP contribution in [-0.4, -0.2) is 26.8 Å². The maximum Gasteiger partial charge on any atom is 0.274 e. The van der Waals surface area contributed by atoms with Crippen LogP contribution in [0.4, 0.5) is 0 Å². The minimum atomic E-state index is -0.937. The fourth-order valence-corrected chi connectivity index (χ4v) is 2.63. The van der Waals surface area contributed by atoms with Crippen molar-refractivity contribution in [1.29, 1.82) is 0 Å². The molecule has 0 spiro atoms. The molecule has 7 nitrogen and oxygen atoms in total. The summed E-state index contributed by atoms with van der Waals surface area (Å²) in [7, 11) is 0. The third-order valence-electron chi connectivity index (χ3n) is 4.08. The summed E-state index contributed by atoms with van der Waals surface area (Å²) in [6.45, 7) is 3.74. The quantitative estimate of drug-likeness (QED) is 0.733. The van der Waals surface area contributed by atoms with Crippen LogP contribution < -0.4 is 11.1 Å². The molecular formula is C19H19N5O2. The molecule has 0 radical (unpaired) electrons. The minimum absolute atomic E-state index is 0.146. The Labute approximate surface area is 150 Å². The standard InChI is InChI=1S/C19H19N5O2/c1-12-8-10-15(11-9-12)24-13(2)16(22-23-24)19(26)21-17(18(20)25)14-6-4-3-5-7-14/h3-11,17H,1-2H3,(H2,20,25)(H,21,26)/t17-/m0/s1. The summed E-state index contributed by atoms with van der Waals surface area (Å²) >= 11 is 0. The van der Waals surface area contributed by atoms with E-state index in [0.29, 0.717) is 11.3 Å². The maximum atomic E-state index is 12.6. The van der Waals surface area contributed by atoms with Crippen LogP contribution in [0.3, 0.4) is 0 Å². The van der Waals surface area contributed by atoms with Crippen LogP contribution in [0.2, 0.25) is 0 Å². The zero-order chi connectivity index (χ0) is 18.7. The van der Waals surface area contributed by atoms with Crippen molar-refractivity contribution in [2.75, 3.05) is 0 Å². The van der Waals surface area contributed by atoms with Gasteiger partial charge in [0, 0.05) is 0 Å². The predicted octanol–water partition coefficient (Wildman–Crippen LogP) is 1.84. The van der Waals surface area contributed by atoms with Gasteiger partial charge in [-0.05, 0) is 31.5 Å². The third kappa shape index (κ3) is 3.46. The molecule has 0 unspecified atom stereocenters. The molecule has 1 atom stereocenters. The monoisotopic (exact) mass is 349 g/mol. The summed E-state index contributed by atoms with van der Waals surface area (Å²) in [5.41, 5.74) is 8.70. The SMILES string of the molecule is Cc1ccc(-n2nnc(C(=O)N[C@H](C(N)=O)c3ccccc3)c2C)cc1. The number of nitrogens with one attached hydrogen (secondary N) is 1. The molecule has 2 aromatic carbocycles. The van der Waals surface area contributed by atoms with Gasteiger partial charge >= 0.3 is 0 Å². The highest BCUT2D eigenvalue weighted by Crippen LogP contribution is 2.16. The molecule has 0 bridgehead atoms. The van der Waals surface area contributed by atoms with E-state index in [1.807, 2.05) is 37.3 Å². The van der Waals surface area contributed by atoms with Crippen LogP contribution in [0.5, 0.6) is 0 Å². The molecule has 0 fully saturated rings. The molecular weight excluding hydrogens is 330 g/mol. The van der Waals surface area contributed by atoms with E-state index in [2.05, 4.69) is 15.6 Å². The number of nitrogens with two attached hydrogens (primary N) is 1. The number of amides is 2. The highest BCUT2D eigenvalue weighted by Gasteiger charge is 2.24. The number of primary amides is 1. The Morgan fingerprint density at radius 3 is 2.31 bits per heavy atom. The molecule has 7 heteroatoms. The molecule has 3 N–H and O–H groups in total. The highest BCUT2D eigenvalue weighted by molar-refractivity contribution is 5.96. The van der Waals surface area contributed by atoms with Gasteiger partial charge in [-0.2, -0.15) is 0 Å². The average Bonchev–Trinajstić information content (AvgIpc) is 3.02. The van der Waals surface area contributed by atoms with Crippen molar-refractivity contribution in [2.45, 2.75) is 19.9 Å². The fourth-order valence-electron chi connectivity index (χ4n) is 2.63. The van der Waals surface area contributed by atoms with Gasteiger partial charge in [-0.25, -0.2) is 4.68 Å². The van der Waals surface area contributed by atoms with Gasteiger partial charge in [0.15, 0.2) is 5.69 Å². The highest BCUT2D eigenvalue weighted by atomic mass is 16.2. The first kappa shape index (κ1) is 17.3. The van der Waals surface area contributed by atoms with Gasteiger partial charge < -0.3 is 11.1 Å². The number of benzene rings is 2. The average molecular weight is 349 g/mol. The molecule has 0 saturated heterocycles. The molecule has 0 saturated carbocycles. The second kappa shape index (κ2) is 7.18. The summed E-state index contributed by atoms with van der Waals surface area (Å²) in [4.78, 5) is 24.4. The number of hydrogen-bond donors (Lipinski definition) is 2. The molecule has 1 heterocycles. The van der Waals surface area contributed by atoms with E-state index in [1.165, 1.54) is 0 Å². The van der Waals surface area contributed by atoms with Crippen molar-refractivity contribution in [2.24, 2.45) is 5.73 Å². The van der Waals surface area contributed by atoms with Gasteiger partial charge in [-0.1, -0.05) is 53.2 Å². The number of aromatic nitrogens is 3. The summed E-state index contributed by atoms with van der Waals surface area (Å²) < 4.78 is 1.58. The van der Waals surface area contributed by atoms with Crippen LogP contribution >= 0.6 is 0 Å². The lowest BCUT2D eigenvalue weighted by Crippen LogP contribution is -2.37. The second-order valence-corrected chi connectivity index (χ2v) is 5.99. The van der Waals surface area contributed by atoms with E-state index >= 15 is 0 Å². The summed E-state index contributed by atoms with van der Waals surface area (Å²) in [5, 5.41) is 10.7. The Morgan fingerprint density at radius 1 is 1.04 bits per heavy atom. The normalized spacial score (nSPS) is 11.8. The van der Waals surface area contributed by atoms with Gasteiger partial charge in [0.1, 0.15) is 6.04 Å². The Hall–Kier alpha value is -3.48. The third-order valence-corrected chi connectivity index (χ3v) is 4.08. The fraction of sp³-hybridized carbons (Fsp3) is 0.158. The molecule has 0 aliphatic rings. The van der Waals surface area contributed by atoms with Crippen molar-refractivity contribution in [3.8, 4) is 5.69 Å². The smallest absolute Gasteiger partial charge is 0.274 e. The molecule has 0 aliphatic carbocycles. The Kier molecular flexibility index (Phi) is 4.79. The van der Waals surface area contributed by atoms with E-state index < -0.39 is 17.9 Å². The summed E-state index contributed by atoms with van der Waals surface area (Å²) in [6.07, 6.45) is 0. The first-order valence-corrected chi connectivity index (χ1v) is 8.12. The van der Waals surface area contributed by atoms with Crippen LogP contribution in [0.25, 0.3) is 5.69 Å². The zero-order valence-corrected chi connectivity index (χ0v) is 14.5. The van der Waals surface area contributed by atoms with Crippen LogP contribution in [0.15, 0.2) is 54.6 Å². The topological polar surface area (TPSA) is 103 Å². The largest absolute Gasteiger partial charge is 0.368 e. The van der Waals surface area contributed by atoms with Crippen LogP contribution in [0.1, 0.15) is 33.4 Å². The van der Waals surface area contributed by atoms with Crippen molar-refractivity contribution in [3.05, 3.63) is 77.1 Å². The molecule has 3 aromatic rings. The van der Waals surface area contributed by atoms with Crippen molar-refractivity contribution in [1.82, 2.24) is 20.3 Å². The van der Waals surface area contributed by atoms with Crippen LogP contribution in [-0.2, 0) is 4.79 Å². The molecule has 1 aromatic heterocycles. The zero-order valence-electron chi connectivity index (χ0n) is 14.5. The number of rotatable bonds is 5. The lowest BCUT2D eigenvalue weighted by molar-refractivity contribution is -0.120. The lowest BCUT2D eigenvalue weighted by Gasteiger charge is -2.15. The predicted molar refractivity (Wildman–Crippen MR) is 96.7 cm³/mol. The lowest BCUT2D eigenvalue weighted by atomic mass is 10.1. The first-order chi connectivity index (χ1) is 12.5. The number of hydrogen-bond acceptors (Lipinski definition) is 4. The van der Waals surface area contributed by atoms with Gasteiger partial charge in [-0.15, -0.1) is 5.10 Å². The first-order valence-electron chi connectivity index (χ1n) is 8.12. The van der Waals surface area contributed by atoms with Crippen molar-refractivity contribution < 1.29 is 9.59 Å². The van der Waals surface area contributed by atoms with Gasteiger partial charge in [0.25, 0.3) is 5.91 Å². The molecule has 132 valence electrons. The van der Waals surface area contributed by atoms with Crippen LogP contribution in [0, 0.1) is 13.8 Å². The minimum Gasteiger partial charge on any atom is -0.368 e. The Morgan fingerprint density at radius 2 is 1.69 bits per heavy atom. The van der Waals surface area contributed by atoms with E-state index in [1.54, 1.807) is 35.9 Å². The maximum absolute atomic E-state index is 12.6. The molecule has 0 aliphatic heterocycles. The van der Waals surface area contributed by atoms with Gasteiger partial charge in [0.2, 0.25) is 5.91 Å². The Bertz CT molecular complexity index is 932. The summed E-state index contributed by atoms with van der Waals surface area (Å²) in [6, 6.07) is 15.6. The van der Waals surface area contributed by atoms with Crippen molar-refractivity contribution >= 4 is 11.8 Å². The molecule has 26 heavy (non-hydrogen) atoms. The van der Waals surface area contributed by atoms with E-state index in [4.69, 9.17) is 5.73 Å². The number of aryl methyl sites for hydroxylation is 1. The number of nitrogens with zero attached hydrogens (tertiary/aromatic N) is 3. The number of carbonyl (C=O) groups excluding carboxylic acids is 2. The number of carbonyl (C=O) groups is 2. The molecule has 3 rings (SSSR count).